The molecule has 0 fully saturated rings. The summed E-state index contributed by atoms with van der Waals surface area (Å²) in [5.74, 6) is 0. The molecule has 2 nitrogen and oxygen atoms in total. The van der Waals surface area contributed by atoms with Crippen molar-refractivity contribution in [2.45, 2.75) is 6.42 Å². The Morgan fingerprint density at radius 2 is 2.33 bits per heavy atom. The number of rotatable bonds is 0. The second-order valence-electron chi connectivity index (χ2n) is 1.03. The third kappa shape index (κ3) is 1.08. The van der Waals surface area contributed by atoms with Gasteiger partial charge in [0.1, 0.15) is 0 Å². The van der Waals surface area contributed by atoms with Crippen molar-refractivity contribution in [3.05, 3.63) is 12.3 Å². The molecule has 0 unspecified atom stereocenters. The lowest BCUT2D eigenvalue weighted by molar-refractivity contribution is 0.281. The average molecular weight is 88.1 g/mol. The van der Waals surface area contributed by atoms with Crippen molar-refractivity contribution >= 4 is 0 Å². The summed E-state index contributed by atoms with van der Waals surface area (Å²) in [6.07, 6.45) is 4.85. The van der Waals surface area contributed by atoms with Crippen LogP contribution in [0.2, 0.25) is 0 Å². The number of ether oxygens (including phenoxy) is 1. The highest BCUT2D eigenvalue weighted by molar-refractivity contribution is 4.78. The van der Waals surface area contributed by atoms with Gasteiger partial charge in [0.15, 0.2) is 0 Å². The van der Waals surface area contributed by atoms with Gasteiger partial charge in [-0.3, -0.25) is 0 Å². The Hall–Kier alpha value is -0.500. The minimum absolute atomic E-state index is 0. The molecule has 2 heteroatoms. The maximum atomic E-state index is 4.76. The molecular weight excluding hydrogens is 80.0 g/mol. The van der Waals surface area contributed by atoms with Crippen LogP contribution in [0.4, 0.5) is 0 Å². The molecule has 1 heterocycles. The largest absolute Gasteiger partial charge is 0.501 e. The Bertz CT molecular complexity index is 43.5. The first-order valence-electron chi connectivity index (χ1n) is 1.77. The maximum absolute atomic E-state index is 4.76. The fourth-order valence-corrected chi connectivity index (χ4v) is 0.340. The van der Waals surface area contributed by atoms with Crippen molar-refractivity contribution in [3.8, 4) is 0 Å². The van der Waals surface area contributed by atoms with Gasteiger partial charge in [-0.05, 0) is 6.08 Å². The second-order valence-corrected chi connectivity index (χ2v) is 1.03. The zero-order chi connectivity index (χ0) is 3.54. The van der Waals surface area contributed by atoms with Gasteiger partial charge in [0.2, 0.25) is 0 Å². The van der Waals surface area contributed by atoms with E-state index < -0.39 is 0 Å². The molecule has 0 bridgehead atoms. The molecule has 0 aromatic heterocycles. The third-order valence-electron chi connectivity index (χ3n) is 0.595. The van der Waals surface area contributed by atoms with Crippen molar-refractivity contribution in [3.63, 3.8) is 0 Å². The van der Waals surface area contributed by atoms with Gasteiger partial charge in [0.05, 0.1) is 12.9 Å². The van der Waals surface area contributed by atoms with Crippen molar-refractivity contribution in [1.29, 1.82) is 0 Å². The molecule has 0 spiro atoms. The molecule has 0 atom stereocenters. The first kappa shape index (κ1) is 5.50. The van der Waals surface area contributed by atoms with Crippen molar-refractivity contribution in [1.82, 2.24) is 0 Å². The van der Waals surface area contributed by atoms with Gasteiger partial charge in [0, 0.05) is 6.42 Å². The Kier molecular flexibility index (Phi) is 2.50. The van der Waals surface area contributed by atoms with Crippen molar-refractivity contribution in [2.24, 2.45) is 0 Å². The predicted molar refractivity (Wildman–Crippen MR) is 23.3 cm³/mol. The summed E-state index contributed by atoms with van der Waals surface area (Å²) >= 11 is 0. The minimum Gasteiger partial charge on any atom is -0.501 e. The first-order valence-corrected chi connectivity index (χ1v) is 1.77. The standard InChI is InChI=1S/C4H6O.H2O/c1-2-4-5-3-1;/h1,3H,2,4H2;1H2. The fourth-order valence-electron chi connectivity index (χ4n) is 0.340. The lowest BCUT2D eigenvalue weighted by Gasteiger charge is -1.79. The Morgan fingerprint density at radius 1 is 1.50 bits per heavy atom. The summed E-state index contributed by atoms with van der Waals surface area (Å²) in [5.41, 5.74) is 0. The number of hydrogen-bond acceptors (Lipinski definition) is 1. The van der Waals surface area contributed by atoms with Crippen LogP contribution in [0.1, 0.15) is 6.42 Å². The summed E-state index contributed by atoms with van der Waals surface area (Å²) in [5, 5.41) is 0. The van der Waals surface area contributed by atoms with E-state index in [9.17, 15) is 0 Å². The topological polar surface area (TPSA) is 40.7 Å². The smallest absolute Gasteiger partial charge is 0.0908 e. The van der Waals surface area contributed by atoms with E-state index in [4.69, 9.17) is 4.74 Å². The molecule has 1 aliphatic rings. The van der Waals surface area contributed by atoms with Crippen molar-refractivity contribution in [2.75, 3.05) is 6.61 Å². The van der Waals surface area contributed by atoms with E-state index in [1.54, 1.807) is 6.26 Å². The van der Waals surface area contributed by atoms with Crippen LogP contribution in [0, 0.1) is 0 Å². The highest BCUT2D eigenvalue weighted by Gasteiger charge is 1.83. The molecule has 36 valence electrons. The van der Waals surface area contributed by atoms with Crippen LogP contribution in [0.25, 0.3) is 0 Å². The van der Waals surface area contributed by atoms with E-state index in [1.807, 2.05) is 6.08 Å². The summed E-state index contributed by atoms with van der Waals surface area (Å²) in [6.45, 7) is 0.889. The molecule has 0 aromatic carbocycles. The lowest BCUT2D eigenvalue weighted by Crippen LogP contribution is -1.70. The number of hydrogen-bond donors (Lipinski definition) is 0. The molecule has 2 N–H and O–H groups in total. The zero-order valence-electron chi connectivity index (χ0n) is 3.48. The summed E-state index contributed by atoms with van der Waals surface area (Å²) in [7, 11) is 0. The van der Waals surface area contributed by atoms with Crippen molar-refractivity contribution < 1.29 is 10.2 Å². The van der Waals surface area contributed by atoms with Crippen LogP contribution in [0.15, 0.2) is 12.3 Å². The zero-order valence-corrected chi connectivity index (χ0v) is 3.48. The molecule has 1 aliphatic heterocycles. The molecule has 0 radical (unpaired) electrons. The fraction of sp³-hybridized carbons (Fsp3) is 0.500. The Balaban J connectivity index is 0.000000250. The van der Waals surface area contributed by atoms with Gasteiger partial charge in [-0.2, -0.15) is 0 Å². The van der Waals surface area contributed by atoms with E-state index in [0.29, 0.717) is 0 Å². The average Bonchev–Trinajstić information content (AvgIpc) is 1.76. The van der Waals surface area contributed by atoms with Crippen LogP contribution >= 0.6 is 0 Å². The lowest BCUT2D eigenvalue weighted by atomic mass is 10.5. The van der Waals surface area contributed by atoms with Crippen LogP contribution in [0.3, 0.4) is 0 Å². The highest BCUT2D eigenvalue weighted by Crippen LogP contribution is 1.93. The molecule has 0 amide bonds. The molecule has 1 rings (SSSR count). The predicted octanol–water partition coefficient (Wildman–Crippen LogP) is 0.0957. The van der Waals surface area contributed by atoms with E-state index in [0.717, 1.165) is 13.0 Å². The molecule has 0 aromatic rings. The molecular formula is C4H8O2. The van der Waals surface area contributed by atoms with Gasteiger partial charge in [-0.15, -0.1) is 0 Å². The molecule has 6 heavy (non-hydrogen) atoms. The van der Waals surface area contributed by atoms with E-state index in [2.05, 4.69) is 0 Å². The Morgan fingerprint density at radius 3 is 2.50 bits per heavy atom. The van der Waals surface area contributed by atoms with Gasteiger partial charge in [-0.1, -0.05) is 0 Å². The van der Waals surface area contributed by atoms with Gasteiger partial charge >= 0.3 is 0 Å². The SMILES string of the molecule is C1=COCC1.O. The maximum Gasteiger partial charge on any atom is 0.0908 e. The van der Waals surface area contributed by atoms with Gasteiger partial charge < -0.3 is 10.2 Å². The van der Waals surface area contributed by atoms with Gasteiger partial charge in [0.25, 0.3) is 0 Å². The summed E-state index contributed by atoms with van der Waals surface area (Å²) in [4.78, 5) is 0. The molecule has 0 saturated carbocycles. The minimum atomic E-state index is 0. The summed E-state index contributed by atoms with van der Waals surface area (Å²) in [6, 6.07) is 0. The van der Waals surface area contributed by atoms with Gasteiger partial charge in [-0.25, -0.2) is 0 Å². The monoisotopic (exact) mass is 88.1 g/mol. The quantitative estimate of drug-likeness (QED) is 0.414. The molecule has 0 saturated heterocycles. The first-order chi connectivity index (χ1) is 2.50. The second kappa shape index (κ2) is 2.72. The summed E-state index contributed by atoms with van der Waals surface area (Å²) < 4.78 is 4.76. The van der Waals surface area contributed by atoms with Crippen LogP contribution < -0.4 is 0 Å². The Labute approximate surface area is 36.7 Å². The van der Waals surface area contributed by atoms with Crippen LogP contribution in [-0.4, -0.2) is 12.1 Å². The highest BCUT2D eigenvalue weighted by atomic mass is 16.5. The van der Waals surface area contributed by atoms with Crippen LogP contribution in [-0.2, 0) is 4.74 Å². The third-order valence-corrected chi connectivity index (χ3v) is 0.595. The van der Waals surface area contributed by atoms with E-state index in [1.165, 1.54) is 0 Å². The normalized spacial score (nSPS) is 16.0. The van der Waals surface area contributed by atoms with E-state index >= 15 is 0 Å². The molecule has 0 aliphatic carbocycles. The van der Waals surface area contributed by atoms with E-state index in [-0.39, 0.29) is 5.48 Å². The van der Waals surface area contributed by atoms with Crippen LogP contribution in [0.5, 0.6) is 0 Å².